The Balaban J connectivity index is 0.000000395. The second-order valence-corrected chi connectivity index (χ2v) is 12.5. The molecular weight excluding hydrogens is 869 g/mol. The summed E-state index contributed by atoms with van der Waals surface area (Å²) >= 11 is 4.31. The minimum atomic E-state index is -7.22. The van der Waals surface area contributed by atoms with Gasteiger partial charge in [-0.2, -0.15) is 0 Å². The van der Waals surface area contributed by atoms with Crippen molar-refractivity contribution in [3.8, 4) is 0 Å². The van der Waals surface area contributed by atoms with Crippen molar-refractivity contribution in [2.45, 2.75) is 11.4 Å². The van der Waals surface area contributed by atoms with Crippen molar-refractivity contribution in [3.05, 3.63) is 177 Å². The molecule has 0 aliphatic heterocycles. The zero-order valence-electron chi connectivity index (χ0n) is 27.9. The Morgan fingerprint density at radius 1 is 0.339 bits per heavy atom. The van der Waals surface area contributed by atoms with Crippen LogP contribution in [0.3, 0.4) is 0 Å². The first-order valence-electron chi connectivity index (χ1n) is 15.5. The van der Waals surface area contributed by atoms with Crippen LogP contribution < -0.4 is 26.4 Å². The lowest BCUT2D eigenvalue weighted by Crippen LogP contribution is -2.81. The van der Waals surface area contributed by atoms with Crippen molar-refractivity contribution < 1.29 is 92.4 Å². The molecule has 1 aromatic heterocycles. The summed E-state index contributed by atoms with van der Waals surface area (Å²) in [5.41, 5.74) is -13.1. The van der Waals surface area contributed by atoms with E-state index in [9.17, 15) is 52.7 Å². The highest BCUT2D eigenvalue weighted by molar-refractivity contribution is 7.80. The fourth-order valence-corrected chi connectivity index (χ4v) is 6.53. The van der Waals surface area contributed by atoms with E-state index in [1.54, 1.807) is 0 Å². The fourth-order valence-electron chi connectivity index (χ4n) is 6.28. The van der Waals surface area contributed by atoms with E-state index in [0.717, 1.165) is 11.4 Å². The first kappa shape index (κ1) is 44.4. The number of thiol groups is 1. The minimum Gasteiger partial charge on any atom is -0.207 e. The molecule has 0 amide bonds. The third-order valence-corrected chi connectivity index (χ3v) is 9.04. The molecule has 0 saturated heterocycles. The van der Waals surface area contributed by atoms with Gasteiger partial charge in [0.25, 0.3) is 0 Å². The SMILES string of the molecule is Fc1c(F)c(F)c([B-](c2c(F)c(F)c(F)c(F)c2F)(c2c(F)c(F)c(F)c(F)c2F)c2c(F)c(F)c(F)c(F)c2F)c(F)c1F.Sc1cccc(C[n+]2ccccc2)c1. The predicted molar refractivity (Wildman–Crippen MR) is 169 cm³/mol. The summed E-state index contributed by atoms with van der Waals surface area (Å²) in [4.78, 5) is 1.01. The van der Waals surface area contributed by atoms with Crippen LogP contribution in [0.5, 0.6) is 0 Å². The zero-order chi connectivity index (χ0) is 44.2. The Labute approximate surface area is 321 Å². The topological polar surface area (TPSA) is 3.88 Å². The third-order valence-electron chi connectivity index (χ3n) is 8.76. The van der Waals surface area contributed by atoms with Crippen LogP contribution in [0.2, 0.25) is 0 Å². The smallest absolute Gasteiger partial charge is 0.200 e. The number of nitrogens with zero attached hydrogens (tertiary/aromatic N) is 1. The van der Waals surface area contributed by atoms with Gasteiger partial charge in [0.05, 0.1) is 0 Å². The van der Waals surface area contributed by atoms with Crippen molar-refractivity contribution in [1.82, 2.24) is 0 Å². The maximum Gasteiger partial charge on any atom is 0.200 e. The third kappa shape index (κ3) is 7.11. The summed E-state index contributed by atoms with van der Waals surface area (Å²) in [5.74, 6) is -71.4. The first-order chi connectivity index (χ1) is 27.5. The molecule has 0 fully saturated rings. The molecule has 1 heterocycles. The van der Waals surface area contributed by atoms with E-state index >= 15 is 35.1 Å². The number of halogens is 20. The lowest BCUT2D eigenvalue weighted by atomic mass is 9.12. The van der Waals surface area contributed by atoms with Gasteiger partial charge in [-0.05, 0) is 12.1 Å². The van der Waals surface area contributed by atoms with Crippen LogP contribution in [-0.2, 0) is 6.54 Å². The van der Waals surface area contributed by atoms with Crippen molar-refractivity contribution in [3.63, 3.8) is 0 Å². The molecule has 0 bridgehead atoms. The van der Waals surface area contributed by atoms with Crippen LogP contribution in [0, 0.1) is 116 Å². The van der Waals surface area contributed by atoms with Crippen LogP contribution >= 0.6 is 12.6 Å². The maximum absolute atomic E-state index is 15.4. The number of hydrogen-bond acceptors (Lipinski definition) is 1. The molecule has 310 valence electrons. The second kappa shape index (κ2) is 16.5. The highest BCUT2D eigenvalue weighted by Crippen LogP contribution is 2.30. The van der Waals surface area contributed by atoms with E-state index < -0.39 is 144 Å². The highest BCUT2D eigenvalue weighted by Gasteiger charge is 2.52. The molecule has 23 heteroatoms. The number of aromatic nitrogens is 1. The van der Waals surface area contributed by atoms with E-state index in [-0.39, 0.29) is 0 Å². The Morgan fingerprint density at radius 3 is 0.847 bits per heavy atom. The minimum absolute atomic E-state index is 0.898. The number of hydrogen-bond donors (Lipinski definition) is 1. The summed E-state index contributed by atoms with van der Waals surface area (Å²) in [7, 11) is 0. The van der Waals surface area contributed by atoms with Crippen molar-refractivity contribution in [2.75, 3.05) is 0 Å². The molecule has 5 aromatic carbocycles. The van der Waals surface area contributed by atoms with Gasteiger partial charge in [-0.3, -0.25) is 0 Å². The molecule has 6 rings (SSSR count). The maximum atomic E-state index is 15.4. The summed E-state index contributed by atoms with van der Waals surface area (Å²) < 4.78 is 296. The molecule has 0 aliphatic rings. The molecule has 0 atom stereocenters. The largest absolute Gasteiger partial charge is 0.207 e. The van der Waals surface area contributed by atoms with Crippen LogP contribution in [0.4, 0.5) is 87.8 Å². The van der Waals surface area contributed by atoms with Crippen LogP contribution in [0.15, 0.2) is 59.8 Å². The Bertz CT molecular complexity index is 2280. The Morgan fingerprint density at radius 2 is 0.593 bits per heavy atom. The quantitative estimate of drug-likeness (QED) is 0.0431. The Kier molecular flexibility index (Phi) is 12.4. The van der Waals surface area contributed by atoms with E-state index in [2.05, 4.69) is 41.7 Å². The summed E-state index contributed by atoms with van der Waals surface area (Å²) in [6.45, 7) is 0.898. The van der Waals surface area contributed by atoms with E-state index in [1.807, 2.05) is 30.3 Å². The monoisotopic (exact) mass is 881 g/mol. The summed E-state index contributed by atoms with van der Waals surface area (Å²) in [6, 6.07) is 14.3. The molecule has 0 N–H and O–H groups in total. The summed E-state index contributed by atoms with van der Waals surface area (Å²) in [6.07, 6.45) is -3.10. The van der Waals surface area contributed by atoms with Crippen LogP contribution in [-0.4, -0.2) is 6.15 Å². The number of pyridine rings is 1. The van der Waals surface area contributed by atoms with Gasteiger partial charge in [0, 0.05) is 22.6 Å². The number of rotatable bonds is 6. The van der Waals surface area contributed by atoms with Crippen LogP contribution in [0.1, 0.15) is 5.56 Å². The molecule has 0 unspecified atom stereocenters. The lowest BCUT2D eigenvalue weighted by molar-refractivity contribution is -0.688. The van der Waals surface area contributed by atoms with Gasteiger partial charge >= 0.3 is 0 Å². The number of benzene rings is 5. The Hall–Kier alpha value is -5.74. The highest BCUT2D eigenvalue weighted by atomic mass is 32.1. The van der Waals surface area contributed by atoms with Crippen molar-refractivity contribution in [2.24, 2.45) is 0 Å². The van der Waals surface area contributed by atoms with Gasteiger partial charge in [0.15, 0.2) is 88.7 Å². The molecular formula is C36H12BF20NS. The predicted octanol–water partition coefficient (Wildman–Crippen LogP) is 8.16. The van der Waals surface area contributed by atoms with Crippen LogP contribution in [0.25, 0.3) is 0 Å². The molecule has 59 heavy (non-hydrogen) atoms. The molecule has 0 spiro atoms. The first-order valence-corrected chi connectivity index (χ1v) is 15.9. The van der Waals surface area contributed by atoms with Crippen molar-refractivity contribution >= 4 is 40.6 Å². The lowest BCUT2D eigenvalue weighted by Gasteiger charge is -2.44. The molecule has 0 radical (unpaired) electrons. The van der Waals surface area contributed by atoms with Gasteiger partial charge in [-0.1, -0.05) is 18.2 Å². The molecule has 1 nitrogen and oxygen atoms in total. The molecule has 0 aliphatic carbocycles. The normalized spacial score (nSPS) is 11.5. The van der Waals surface area contributed by atoms with Crippen molar-refractivity contribution in [1.29, 1.82) is 0 Å². The van der Waals surface area contributed by atoms with Gasteiger partial charge in [0.1, 0.15) is 52.7 Å². The van der Waals surface area contributed by atoms with Gasteiger partial charge in [0.2, 0.25) is 0 Å². The average molecular weight is 881 g/mol. The van der Waals surface area contributed by atoms with Gasteiger partial charge in [-0.25, -0.2) is 92.4 Å². The fraction of sp³-hybridized carbons (Fsp3) is 0.0278. The van der Waals surface area contributed by atoms with E-state index in [4.69, 9.17) is 0 Å². The van der Waals surface area contributed by atoms with Gasteiger partial charge in [-0.15, -0.1) is 34.5 Å². The zero-order valence-corrected chi connectivity index (χ0v) is 28.8. The van der Waals surface area contributed by atoms with Gasteiger partial charge < -0.3 is 0 Å². The molecule has 6 aromatic rings. The molecule has 0 saturated carbocycles. The second-order valence-electron chi connectivity index (χ2n) is 12.0. The summed E-state index contributed by atoms with van der Waals surface area (Å²) in [5, 5.41) is 0. The average Bonchev–Trinajstić information content (AvgIpc) is 3.21. The standard InChI is InChI=1S/C24BF20.C12H11NS/c26-5-1(6(27)14(35)21(42)13(5)34)25(2-7(28)15(36)22(43)16(37)8(2)29,3-9(30)17(38)23(44)18(39)10(3)31)4-11(32)19(40)24(45)20(41)12(4)33;14-12-6-4-5-11(9-12)10-13-7-2-1-3-8-13/h;1-9H,10H2/q-1;/p+1. The van der Waals surface area contributed by atoms with E-state index in [1.165, 1.54) is 5.56 Å². The van der Waals surface area contributed by atoms with E-state index in [0.29, 0.717) is 0 Å².